The van der Waals surface area contributed by atoms with Gasteiger partial charge in [0.25, 0.3) is 0 Å². The fourth-order valence-electron chi connectivity index (χ4n) is 2.42. The lowest BCUT2D eigenvalue weighted by Crippen LogP contribution is -2.46. The molecule has 0 fully saturated rings. The summed E-state index contributed by atoms with van der Waals surface area (Å²) in [5.41, 5.74) is 2.06. The maximum absolute atomic E-state index is 12.1. The molecule has 0 aromatic heterocycles. The van der Waals surface area contributed by atoms with Crippen LogP contribution in [0.15, 0.2) is 29.4 Å². The zero-order valence-electron chi connectivity index (χ0n) is 15.2. The monoisotopic (exact) mass is 398 g/mol. The van der Waals surface area contributed by atoms with Crippen LogP contribution in [0.2, 0.25) is 0 Å². The highest BCUT2D eigenvalue weighted by Gasteiger charge is 2.22. The molecule has 0 aliphatic carbocycles. The summed E-state index contributed by atoms with van der Waals surface area (Å²) >= 11 is 0. The summed E-state index contributed by atoms with van der Waals surface area (Å²) in [6, 6.07) is 6.70. The van der Waals surface area contributed by atoms with Gasteiger partial charge < -0.3 is 16.3 Å². The van der Waals surface area contributed by atoms with E-state index in [0.29, 0.717) is 13.0 Å². The average molecular weight is 398 g/mol. The van der Waals surface area contributed by atoms with Crippen molar-refractivity contribution >= 4 is 28.1 Å². The van der Waals surface area contributed by atoms with Gasteiger partial charge >= 0.3 is 5.97 Å². The number of carbonyl (C=O) groups excluding carboxylic acids is 1. The van der Waals surface area contributed by atoms with Crippen LogP contribution in [0.25, 0.3) is 0 Å². The fourth-order valence-corrected chi connectivity index (χ4v) is 3.16. The maximum atomic E-state index is 12.1. The lowest BCUT2D eigenvalue weighted by atomic mass is 10.1. The van der Waals surface area contributed by atoms with E-state index in [-0.39, 0.29) is 12.8 Å². The molecule has 0 saturated carbocycles. The Morgan fingerprint density at radius 1 is 1.26 bits per heavy atom. The fraction of sp³-hybridized carbons (Fsp3) is 0.471. The molecule has 0 bridgehead atoms. The van der Waals surface area contributed by atoms with Crippen molar-refractivity contribution in [1.82, 2.24) is 10.0 Å². The van der Waals surface area contributed by atoms with Crippen LogP contribution < -0.4 is 15.9 Å². The van der Waals surface area contributed by atoms with E-state index in [2.05, 4.69) is 15.1 Å². The van der Waals surface area contributed by atoms with E-state index in [1.54, 1.807) is 6.21 Å². The van der Waals surface area contributed by atoms with Crippen molar-refractivity contribution in [2.75, 3.05) is 12.8 Å². The van der Waals surface area contributed by atoms with E-state index in [1.165, 1.54) is 0 Å². The van der Waals surface area contributed by atoms with Gasteiger partial charge in [-0.3, -0.25) is 9.59 Å². The van der Waals surface area contributed by atoms with Gasteiger partial charge in [-0.1, -0.05) is 24.3 Å². The first-order valence-corrected chi connectivity index (χ1v) is 10.4. The topological polar surface area (TPSA) is 151 Å². The van der Waals surface area contributed by atoms with E-state index >= 15 is 0 Å². The van der Waals surface area contributed by atoms with Crippen molar-refractivity contribution in [3.63, 3.8) is 0 Å². The largest absolute Gasteiger partial charge is 0.481 e. The number of benzene rings is 1. The van der Waals surface area contributed by atoms with Crippen LogP contribution in [0.5, 0.6) is 0 Å². The van der Waals surface area contributed by atoms with E-state index in [0.717, 1.165) is 30.2 Å². The minimum Gasteiger partial charge on any atom is -0.481 e. The number of hydrogen-bond donors (Lipinski definition) is 4. The van der Waals surface area contributed by atoms with Crippen molar-refractivity contribution in [1.29, 1.82) is 0 Å². The second-order valence-corrected chi connectivity index (χ2v) is 7.92. The summed E-state index contributed by atoms with van der Waals surface area (Å²) in [6.45, 7) is 0.381. The summed E-state index contributed by atoms with van der Waals surface area (Å²) in [7, 11) is -3.62. The molecule has 9 nitrogen and oxygen atoms in total. The molecule has 10 heteroatoms. The van der Waals surface area contributed by atoms with Gasteiger partial charge in [-0.05, 0) is 36.8 Å². The zero-order valence-corrected chi connectivity index (χ0v) is 16.0. The SMILES string of the molecule is CS(=O)(=O)N[C@H](CCC(=O)O)C(=O)NCCCCc1ccc(C=NN)cc1. The smallest absolute Gasteiger partial charge is 0.303 e. The zero-order chi connectivity index (χ0) is 20.3. The molecule has 1 amide bonds. The van der Waals surface area contributed by atoms with Crippen LogP contribution in [0.1, 0.15) is 36.8 Å². The summed E-state index contributed by atoms with van der Waals surface area (Å²) < 4.78 is 24.8. The second kappa shape index (κ2) is 11.3. The number of hydrazone groups is 1. The van der Waals surface area contributed by atoms with Crippen molar-refractivity contribution < 1.29 is 23.1 Å². The van der Waals surface area contributed by atoms with Crippen molar-refractivity contribution in [3.8, 4) is 0 Å². The third-order valence-corrected chi connectivity index (χ3v) is 4.43. The molecule has 0 aliphatic heterocycles. The number of rotatable bonds is 12. The molecule has 0 radical (unpaired) electrons. The van der Waals surface area contributed by atoms with E-state index < -0.39 is 27.9 Å². The molecule has 0 heterocycles. The van der Waals surface area contributed by atoms with Crippen LogP contribution in [-0.4, -0.2) is 50.5 Å². The second-order valence-electron chi connectivity index (χ2n) is 6.14. The molecule has 0 spiro atoms. The highest BCUT2D eigenvalue weighted by Crippen LogP contribution is 2.07. The number of carboxylic acids is 1. The van der Waals surface area contributed by atoms with E-state index in [1.807, 2.05) is 24.3 Å². The first-order chi connectivity index (χ1) is 12.7. The Balaban J connectivity index is 2.38. The van der Waals surface area contributed by atoms with Crippen LogP contribution >= 0.6 is 0 Å². The van der Waals surface area contributed by atoms with Crippen LogP contribution in [0.3, 0.4) is 0 Å². The molecule has 1 rings (SSSR count). The van der Waals surface area contributed by atoms with Gasteiger partial charge in [0.15, 0.2) is 0 Å². The number of nitrogens with zero attached hydrogens (tertiary/aromatic N) is 1. The first-order valence-electron chi connectivity index (χ1n) is 8.50. The average Bonchev–Trinajstić information content (AvgIpc) is 2.58. The molecule has 0 saturated heterocycles. The summed E-state index contributed by atoms with van der Waals surface area (Å²) in [5, 5.41) is 14.8. The predicted octanol–water partition coefficient (Wildman–Crippen LogP) is 0.201. The van der Waals surface area contributed by atoms with Gasteiger partial charge in [0.2, 0.25) is 15.9 Å². The summed E-state index contributed by atoms with van der Waals surface area (Å²) in [5.74, 6) is 3.48. The molecule has 0 aliphatic rings. The lowest BCUT2D eigenvalue weighted by molar-refractivity contribution is -0.137. The Morgan fingerprint density at radius 3 is 2.48 bits per heavy atom. The number of unbranched alkanes of at least 4 members (excludes halogenated alkanes) is 1. The highest BCUT2D eigenvalue weighted by molar-refractivity contribution is 7.88. The highest BCUT2D eigenvalue weighted by atomic mass is 32.2. The Bertz CT molecular complexity index is 747. The van der Waals surface area contributed by atoms with Gasteiger partial charge in [-0.25, -0.2) is 13.1 Å². The van der Waals surface area contributed by atoms with Crippen molar-refractivity contribution in [3.05, 3.63) is 35.4 Å². The number of carboxylic acid groups (broad SMARTS) is 1. The van der Waals surface area contributed by atoms with Crippen molar-refractivity contribution in [2.24, 2.45) is 10.9 Å². The third kappa shape index (κ3) is 10.3. The molecule has 27 heavy (non-hydrogen) atoms. The number of nitrogens with two attached hydrogens (primary N) is 1. The quantitative estimate of drug-likeness (QED) is 0.171. The summed E-state index contributed by atoms with van der Waals surface area (Å²) in [6.07, 6.45) is 4.47. The van der Waals surface area contributed by atoms with Gasteiger partial charge in [0, 0.05) is 13.0 Å². The molecule has 5 N–H and O–H groups in total. The Kier molecular flexibility index (Phi) is 9.45. The number of hydrogen-bond acceptors (Lipinski definition) is 6. The molecular weight excluding hydrogens is 372 g/mol. The molecule has 0 unspecified atom stereocenters. The minimum atomic E-state index is -3.62. The first kappa shape index (κ1) is 22.6. The predicted molar refractivity (Wildman–Crippen MR) is 103 cm³/mol. The number of carbonyl (C=O) groups is 2. The standard InChI is InChI=1S/C17H26N4O5S/c1-27(25,26)21-15(9-10-16(22)23)17(24)19-11-3-2-4-13-5-7-14(8-6-13)12-20-18/h5-8,12,15,21H,2-4,9-11,18H2,1H3,(H,19,24)(H,22,23)/t15-/m1/s1. The lowest BCUT2D eigenvalue weighted by Gasteiger charge is -2.16. The Morgan fingerprint density at radius 2 is 1.93 bits per heavy atom. The van der Waals surface area contributed by atoms with Crippen LogP contribution in [0.4, 0.5) is 0 Å². The van der Waals surface area contributed by atoms with E-state index in [4.69, 9.17) is 10.9 Å². The number of nitrogens with one attached hydrogen (secondary N) is 2. The number of amides is 1. The van der Waals surface area contributed by atoms with Crippen LogP contribution in [-0.2, 0) is 26.0 Å². The van der Waals surface area contributed by atoms with Crippen molar-refractivity contribution in [2.45, 2.75) is 38.1 Å². The molecule has 1 aromatic carbocycles. The normalized spacial score (nSPS) is 12.8. The Labute approximate surface area is 159 Å². The number of sulfonamides is 1. The molecule has 1 atom stereocenters. The number of aryl methyl sites for hydroxylation is 1. The van der Waals surface area contributed by atoms with E-state index in [9.17, 15) is 18.0 Å². The van der Waals surface area contributed by atoms with Gasteiger partial charge in [0.1, 0.15) is 6.04 Å². The number of aliphatic carboxylic acids is 1. The van der Waals surface area contributed by atoms with Crippen LogP contribution in [0, 0.1) is 0 Å². The maximum Gasteiger partial charge on any atom is 0.303 e. The minimum absolute atomic E-state index is 0.104. The summed E-state index contributed by atoms with van der Waals surface area (Å²) in [4.78, 5) is 22.8. The third-order valence-electron chi connectivity index (χ3n) is 3.71. The van der Waals surface area contributed by atoms with Gasteiger partial charge in [-0.15, -0.1) is 0 Å². The van der Waals surface area contributed by atoms with Gasteiger partial charge in [0.05, 0.1) is 12.5 Å². The Hall–Kier alpha value is -2.46. The molecule has 150 valence electrons. The van der Waals surface area contributed by atoms with Gasteiger partial charge in [-0.2, -0.15) is 5.10 Å². The molecular formula is C17H26N4O5S. The molecule has 1 aromatic rings.